The van der Waals surface area contributed by atoms with Crippen LogP contribution in [0.5, 0.6) is 0 Å². The van der Waals surface area contributed by atoms with Crippen molar-refractivity contribution in [2.45, 2.75) is 32.6 Å². The first-order valence-corrected chi connectivity index (χ1v) is 8.26. The van der Waals surface area contributed by atoms with E-state index in [1.165, 1.54) is 0 Å². The van der Waals surface area contributed by atoms with Gasteiger partial charge >= 0.3 is 0 Å². The van der Waals surface area contributed by atoms with Crippen LogP contribution in [0.4, 0.5) is 0 Å². The Kier molecular flexibility index (Phi) is 6.67. The normalized spacial score (nSPS) is 11.9. The maximum absolute atomic E-state index is 11.6. The molecule has 0 aliphatic carbocycles. The fraction of sp³-hybridized carbons (Fsp3) is 0.727. The van der Waals surface area contributed by atoms with Crippen LogP contribution < -0.4 is 4.72 Å². The van der Waals surface area contributed by atoms with Crippen molar-refractivity contribution >= 4 is 21.6 Å². The molecule has 7 heteroatoms. The van der Waals surface area contributed by atoms with Gasteiger partial charge in [-0.1, -0.05) is 0 Å². The lowest BCUT2D eigenvalue weighted by atomic mass is 10.1. The van der Waals surface area contributed by atoms with Crippen LogP contribution in [0.1, 0.15) is 30.5 Å². The third kappa shape index (κ3) is 5.84. The largest absolute Gasteiger partial charge is 0.283 e. The van der Waals surface area contributed by atoms with E-state index >= 15 is 0 Å². The molecule has 1 rings (SSSR count). The Morgan fingerprint density at radius 1 is 1.39 bits per heavy atom. The molecule has 1 aromatic heterocycles. The standard InChI is InChI=1S/C11H20ClN3O2S/c1-10-11(9-13-15-10)5-4-7-14-18(16,17)8-3-2-6-12/h9,14H,2-8H2,1H3,(H,13,15). The monoisotopic (exact) mass is 293 g/mol. The molecule has 0 aliphatic heterocycles. The molecule has 0 aromatic carbocycles. The number of nitrogens with one attached hydrogen (secondary N) is 2. The number of H-pyrrole nitrogens is 1. The third-order valence-corrected chi connectivity index (χ3v) is 4.41. The average Bonchev–Trinajstić information content (AvgIpc) is 2.71. The summed E-state index contributed by atoms with van der Waals surface area (Å²) < 4.78 is 25.7. The molecule has 0 saturated heterocycles. The highest BCUT2D eigenvalue weighted by Gasteiger charge is 2.08. The van der Waals surface area contributed by atoms with Gasteiger partial charge in [0.25, 0.3) is 0 Å². The minimum atomic E-state index is -3.14. The van der Waals surface area contributed by atoms with Crippen molar-refractivity contribution in [3.63, 3.8) is 0 Å². The van der Waals surface area contributed by atoms with Crippen LogP contribution in [-0.4, -0.2) is 36.8 Å². The molecule has 0 aliphatic rings. The summed E-state index contributed by atoms with van der Waals surface area (Å²) in [7, 11) is -3.14. The van der Waals surface area contributed by atoms with Gasteiger partial charge in [-0.2, -0.15) is 5.10 Å². The lowest BCUT2D eigenvalue weighted by molar-refractivity contribution is 0.576. The number of aromatic amines is 1. The van der Waals surface area contributed by atoms with Gasteiger partial charge in [-0.05, 0) is 38.2 Å². The van der Waals surface area contributed by atoms with Crippen LogP contribution in [0.25, 0.3) is 0 Å². The van der Waals surface area contributed by atoms with Crippen molar-refractivity contribution in [3.05, 3.63) is 17.5 Å². The number of hydrogen-bond donors (Lipinski definition) is 2. The predicted octanol–water partition coefficient (Wildman–Crippen LogP) is 1.59. The maximum Gasteiger partial charge on any atom is 0.211 e. The van der Waals surface area contributed by atoms with Gasteiger partial charge in [0.2, 0.25) is 10.0 Å². The van der Waals surface area contributed by atoms with Gasteiger partial charge in [-0.15, -0.1) is 11.6 Å². The van der Waals surface area contributed by atoms with Crippen molar-refractivity contribution in [3.8, 4) is 0 Å². The van der Waals surface area contributed by atoms with E-state index in [0.717, 1.165) is 30.5 Å². The van der Waals surface area contributed by atoms with E-state index in [1.807, 2.05) is 6.92 Å². The van der Waals surface area contributed by atoms with E-state index in [4.69, 9.17) is 11.6 Å². The summed E-state index contributed by atoms with van der Waals surface area (Å²) in [6, 6.07) is 0. The Morgan fingerprint density at radius 3 is 2.78 bits per heavy atom. The van der Waals surface area contributed by atoms with E-state index < -0.39 is 10.0 Å². The molecule has 1 aromatic rings. The average molecular weight is 294 g/mol. The molecule has 0 amide bonds. The molecule has 0 fully saturated rings. The zero-order valence-corrected chi connectivity index (χ0v) is 12.1. The van der Waals surface area contributed by atoms with Crippen LogP contribution in [-0.2, 0) is 16.4 Å². The molecule has 0 atom stereocenters. The van der Waals surface area contributed by atoms with Gasteiger partial charge in [0.15, 0.2) is 0 Å². The second kappa shape index (κ2) is 7.76. The molecule has 0 bridgehead atoms. The molecule has 1 heterocycles. The van der Waals surface area contributed by atoms with Crippen molar-refractivity contribution in [2.24, 2.45) is 0 Å². The lowest BCUT2D eigenvalue weighted by Crippen LogP contribution is -2.27. The number of unbranched alkanes of at least 4 members (excludes halogenated alkanes) is 1. The first-order valence-electron chi connectivity index (χ1n) is 6.07. The van der Waals surface area contributed by atoms with Gasteiger partial charge in [0.1, 0.15) is 0 Å². The first kappa shape index (κ1) is 15.5. The van der Waals surface area contributed by atoms with E-state index in [1.54, 1.807) is 6.20 Å². The molecule has 0 saturated carbocycles. The second-order valence-electron chi connectivity index (χ2n) is 4.23. The summed E-state index contributed by atoms with van der Waals surface area (Å²) in [5, 5.41) is 6.78. The van der Waals surface area contributed by atoms with Crippen molar-refractivity contribution in [1.82, 2.24) is 14.9 Å². The van der Waals surface area contributed by atoms with E-state index in [-0.39, 0.29) is 5.75 Å². The van der Waals surface area contributed by atoms with Crippen molar-refractivity contribution < 1.29 is 8.42 Å². The summed E-state index contributed by atoms with van der Waals surface area (Å²) in [4.78, 5) is 0. The minimum Gasteiger partial charge on any atom is -0.283 e. The Balaban J connectivity index is 2.19. The summed E-state index contributed by atoms with van der Waals surface area (Å²) in [6.07, 6.45) is 4.72. The van der Waals surface area contributed by atoms with E-state index in [2.05, 4.69) is 14.9 Å². The smallest absolute Gasteiger partial charge is 0.211 e. The van der Waals surface area contributed by atoms with Crippen LogP contribution in [0.3, 0.4) is 0 Å². The molecular weight excluding hydrogens is 274 g/mol. The summed E-state index contributed by atoms with van der Waals surface area (Å²) >= 11 is 5.50. The topological polar surface area (TPSA) is 74.8 Å². The molecule has 2 N–H and O–H groups in total. The van der Waals surface area contributed by atoms with E-state index in [0.29, 0.717) is 18.8 Å². The van der Waals surface area contributed by atoms with Crippen molar-refractivity contribution in [2.75, 3.05) is 18.2 Å². The number of rotatable bonds is 9. The zero-order chi connectivity index (χ0) is 13.4. The molecule has 104 valence electrons. The molecule has 0 unspecified atom stereocenters. The number of alkyl halides is 1. The number of nitrogens with zero attached hydrogens (tertiary/aromatic N) is 1. The van der Waals surface area contributed by atoms with Gasteiger partial charge in [0.05, 0.1) is 11.9 Å². The Labute approximate surface area is 113 Å². The first-order chi connectivity index (χ1) is 8.55. The van der Waals surface area contributed by atoms with Gasteiger partial charge < -0.3 is 0 Å². The predicted molar refractivity (Wildman–Crippen MR) is 73.4 cm³/mol. The Bertz CT molecular complexity index is 445. The van der Waals surface area contributed by atoms with Crippen LogP contribution in [0.2, 0.25) is 0 Å². The summed E-state index contributed by atoms with van der Waals surface area (Å²) in [6.45, 7) is 2.42. The highest BCUT2D eigenvalue weighted by molar-refractivity contribution is 7.89. The molecule has 0 spiro atoms. The lowest BCUT2D eigenvalue weighted by Gasteiger charge is -2.05. The van der Waals surface area contributed by atoms with Crippen LogP contribution >= 0.6 is 11.6 Å². The number of halogens is 1. The van der Waals surface area contributed by atoms with Crippen LogP contribution in [0.15, 0.2) is 6.20 Å². The van der Waals surface area contributed by atoms with Crippen LogP contribution in [0, 0.1) is 6.92 Å². The number of sulfonamides is 1. The van der Waals surface area contributed by atoms with Gasteiger partial charge in [-0.3, -0.25) is 5.10 Å². The minimum absolute atomic E-state index is 0.157. The maximum atomic E-state index is 11.6. The van der Waals surface area contributed by atoms with Crippen molar-refractivity contribution in [1.29, 1.82) is 0 Å². The number of aromatic nitrogens is 2. The molecule has 0 radical (unpaired) electrons. The highest BCUT2D eigenvalue weighted by atomic mass is 35.5. The molecular formula is C11H20ClN3O2S. The highest BCUT2D eigenvalue weighted by Crippen LogP contribution is 2.05. The Hall–Kier alpha value is -0.590. The fourth-order valence-electron chi connectivity index (χ4n) is 1.59. The third-order valence-electron chi connectivity index (χ3n) is 2.68. The van der Waals surface area contributed by atoms with E-state index in [9.17, 15) is 8.42 Å². The quantitative estimate of drug-likeness (QED) is 0.536. The number of hydrogen-bond acceptors (Lipinski definition) is 3. The molecule has 18 heavy (non-hydrogen) atoms. The second-order valence-corrected chi connectivity index (χ2v) is 6.54. The SMILES string of the molecule is Cc1[nH]ncc1CCCNS(=O)(=O)CCCCCl. The summed E-state index contributed by atoms with van der Waals surface area (Å²) in [5.74, 6) is 0.666. The fourth-order valence-corrected chi connectivity index (χ4v) is 2.97. The van der Waals surface area contributed by atoms with Gasteiger partial charge in [0, 0.05) is 18.1 Å². The Morgan fingerprint density at radius 2 is 2.17 bits per heavy atom. The number of aryl methyl sites for hydroxylation is 2. The molecule has 5 nitrogen and oxygen atoms in total. The van der Waals surface area contributed by atoms with Gasteiger partial charge in [-0.25, -0.2) is 13.1 Å². The summed E-state index contributed by atoms with van der Waals surface area (Å²) in [5.41, 5.74) is 2.18. The zero-order valence-electron chi connectivity index (χ0n) is 10.6.